The van der Waals surface area contributed by atoms with Crippen LogP contribution in [0, 0.1) is 0 Å². The van der Waals surface area contributed by atoms with Crippen molar-refractivity contribution >= 4 is 29.2 Å². The van der Waals surface area contributed by atoms with E-state index in [9.17, 15) is 0 Å². The van der Waals surface area contributed by atoms with Crippen molar-refractivity contribution in [3.8, 4) is 0 Å². The van der Waals surface area contributed by atoms with Gasteiger partial charge in [-0.2, -0.15) is 0 Å². The predicted molar refractivity (Wildman–Crippen MR) is 35.3 cm³/mol. The van der Waals surface area contributed by atoms with Gasteiger partial charge in [0.15, 0.2) is 0 Å². The summed E-state index contributed by atoms with van der Waals surface area (Å²) >= 11 is 8.46. The first kappa shape index (κ1) is 11.0. The van der Waals surface area contributed by atoms with Crippen LogP contribution < -0.4 is 0 Å². The molecule has 0 aromatic rings. The van der Waals surface area contributed by atoms with E-state index in [0.29, 0.717) is 4.32 Å². The van der Waals surface area contributed by atoms with Crippen molar-refractivity contribution in [1.29, 1.82) is 0 Å². The number of thiol groups is 1. The van der Waals surface area contributed by atoms with E-state index in [1.165, 1.54) is 0 Å². The van der Waals surface area contributed by atoms with E-state index in [4.69, 9.17) is 0 Å². The molecule has 0 heterocycles. The van der Waals surface area contributed by atoms with Gasteiger partial charge in [-0.3, -0.25) is 0 Å². The second-order valence-corrected chi connectivity index (χ2v) is 2.29. The van der Waals surface area contributed by atoms with Crippen molar-refractivity contribution in [2.24, 2.45) is 0 Å². The first-order chi connectivity index (χ1) is 2.64. The molecule has 0 atom stereocenters. The zero-order valence-corrected chi connectivity index (χ0v) is 8.47. The molecule has 0 spiro atoms. The standard InChI is InChI=1S/C3H7NS2.Zr/c1-4(2)3(5)6;/h1-2H3,(H,5,6);. The summed E-state index contributed by atoms with van der Waals surface area (Å²) in [6, 6.07) is 0. The van der Waals surface area contributed by atoms with Crippen molar-refractivity contribution in [3.05, 3.63) is 0 Å². The van der Waals surface area contributed by atoms with Gasteiger partial charge in [0.2, 0.25) is 0 Å². The molecular formula is C3H7NS2Zr. The van der Waals surface area contributed by atoms with E-state index in [1.54, 1.807) is 4.90 Å². The van der Waals surface area contributed by atoms with E-state index in [1.807, 2.05) is 14.1 Å². The molecular weight excluding hydrogens is 205 g/mol. The number of hydrogen-bond donors (Lipinski definition) is 1. The minimum atomic E-state index is 0. The number of nitrogens with zero attached hydrogens (tertiary/aromatic N) is 1. The maximum absolute atomic E-state index is 4.61. The quantitative estimate of drug-likeness (QED) is 0.466. The van der Waals surface area contributed by atoms with Crippen LogP contribution in [-0.2, 0) is 26.2 Å². The van der Waals surface area contributed by atoms with Crippen molar-refractivity contribution in [2.45, 2.75) is 0 Å². The minimum absolute atomic E-state index is 0. The van der Waals surface area contributed by atoms with Crippen LogP contribution in [0.2, 0.25) is 0 Å². The van der Waals surface area contributed by atoms with Gasteiger partial charge in [0.25, 0.3) is 0 Å². The van der Waals surface area contributed by atoms with Gasteiger partial charge in [-0.05, 0) is 0 Å². The molecule has 0 unspecified atom stereocenters. The summed E-state index contributed by atoms with van der Waals surface area (Å²) in [5.41, 5.74) is 0. The van der Waals surface area contributed by atoms with E-state index >= 15 is 0 Å². The van der Waals surface area contributed by atoms with Crippen molar-refractivity contribution in [3.63, 3.8) is 0 Å². The molecule has 0 aromatic heterocycles. The largest absolute Gasteiger partial charge is 0.364 e. The SMILES string of the molecule is CN(C)C(=S)S.[Zr]. The Bertz CT molecular complexity index is 64.0. The molecule has 0 aliphatic heterocycles. The minimum Gasteiger partial charge on any atom is -0.364 e. The Morgan fingerprint density at radius 2 is 1.71 bits per heavy atom. The average Bonchev–Trinajstić information content (AvgIpc) is 1.36. The molecule has 0 aromatic carbocycles. The van der Waals surface area contributed by atoms with Crippen LogP contribution in [0.1, 0.15) is 0 Å². The van der Waals surface area contributed by atoms with Crippen molar-refractivity contribution in [2.75, 3.05) is 14.1 Å². The van der Waals surface area contributed by atoms with Crippen LogP contribution in [0.4, 0.5) is 0 Å². The molecule has 4 heteroatoms. The monoisotopic (exact) mass is 211 g/mol. The molecule has 0 aliphatic rings. The Morgan fingerprint density at radius 1 is 1.57 bits per heavy atom. The molecule has 0 amide bonds. The Kier molecular flexibility index (Phi) is 8.27. The van der Waals surface area contributed by atoms with E-state index < -0.39 is 0 Å². The Balaban J connectivity index is 0. The average molecular weight is 212 g/mol. The molecule has 0 rings (SSSR count). The Labute approximate surface area is 74.0 Å². The van der Waals surface area contributed by atoms with E-state index in [-0.39, 0.29) is 26.2 Å². The van der Waals surface area contributed by atoms with Crippen LogP contribution in [0.25, 0.3) is 0 Å². The molecule has 0 N–H and O–H groups in total. The number of rotatable bonds is 0. The molecule has 0 saturated carbocycles. The normalized spacial score (nSPS) is 6.71. The summed E-state index contributed by atoms with van der Waals surface area (Å²) < 4.78 is 0.620. The third-order valence-electron chi connectivity index (χ3n) is 0.383. The first-order valence-electron chi connectivity index (χ1n) is 1.55. The van der Waals surface area contributed by atoms with Crippen molar-refractivity contribution < 1.29 is 26.2 Å². The van der Waals surface area contributed by atoms with Gasteiger partial charge >= 0.3 is 0 Å². The molecule has 0 saturated heterocycles. The Morgan fingerprint density at radius 3 is 1.71 bits per heavy atom. The van der Waals surface area contributed by atoms with Gasteiger partial charge in [0, 0.05) is 40.3 Å². The second-order valence-electron chi connectivity index (χ2n) is 1.18. The molecule has 40 valence electrons. The molecule has 0 bridgehead atoms. The summed E-state index contributed by atoms with van der Waals surface area (Å²) in [4.78, 5) is 1.76. The van der Waals surface area contributed by atoms with Gasteiger partial charge in [0.1, 0.15) is 4.32 Å². The fourth-order valence-corrected chi connectivity index (χ4v) is 0. The van der Waals surface area contributed by atoms with E-state index in [2.05, 4.69) is 24.8 Å². The summed E-state index contributed by atoms with van der Waals surface area (Å²) in [6.07, 6.45) is 0. The molecule has 1 nitrogen and oxygen atoms in total. The molecule has 0 radical (unpaired) electrons. The third-order valence-corrected chi connectivity index (χ3v) is 1.15. The second kappa shape index (κ2) is 5.26. The van der Waals surface area contributed by atoms with Crippen LogP contribution in [-0.4, -0.2) is 23.3 Å². The fraction of sp³-hybridized carbons (Fsp3) is 0.667. The maximum Gasteiger partial charge on any atom is 0.132 e. The Hall–Kier alpha value is 1.12. The molecule has 0 fully saturated rings. The smallest absolute Gasteiger partial charge is 0.132 e. The zero-order valence-electron chi connectivity index (χ0n) is 4.30. The van der Waals surface area contributed by atoms with Crippen LogP contribution in [0.3, 0.4) is 0 Å². The maximum atomic E-state index is 4.61. The topological polar surface area (TPSA) is 3.24 Å². The molecule has 7 heavy (non-hydrogen) atoms. The summed E-state index contributed by atoms with van der Waals surface area (Å²) in [7, 11) is 3.71. The summed E-state index contributed by atoms with van der Waals surface area (Å²) in [5, 5.41) is 0. The van der Waals surface area contributed by atoms with Crippen molar-refractivity contribution in [1.82, 2.24) is 4.90 Å². The van der Waals surface area contributed by atoms with Gasteiger partial charge in [-0.25, -0.2) is 0 Å². The van der Waals surface area contributed by atoms with Crippen LogP contribution in [0.5, 0.6) is 0 Å². The number of hydrogen-bond acceptors (Lipinski definition) is 1. The van der Waals surface area contributed by atoms with Gasteiger partial charge in [-0.15, -0.1) is 12.6 Å². The first-order valence-corrected chi connectivity index (χ1v) is 2.40. The van der Waals surface area contributed by atoms with Gasteiger partial charge < -0.3 is 4.90 Å². The summed E-state index contributed by atoms with van der Waals surface area (Å²) in [5.74, 6) is 0. The number of thiocarbonyl (C=S) groups is 1. The van der Waals surface area contributed by atoms with Crippen LogP contribution in [0.15, 0.2) is 0 Å². The fourth-order valence-electron chi connectivity index (χ4n) is 0. The third kappa shape index (κ3) is 7.12. The zero-order chi connectivity index (χ0) is 5.15. The van der Waals surface area contributed by atoms with Gasteiger partial charge in [0.05, 0.1) is 0 Å². The molecule has 0 aliphatic carbocycles. The van der Waals surface area contributed by atoms with E-state index in [0.717, 1.165) is 0 Å². The summed E-state index contributed by atoms with van der Waals surface area (Å²) in [6.45, 7) is 0. The van der Waals surface area contributed by atoms with Gasteiger partial charge in [-0.1, -0.05) is 12.2 Å². The van der Waals surface area contributed by atoms with Crippen LogP contribution >= 0.6 is 24.8 Å². The predicted octanol–water partition coefficient (Wildman–Crippen LogP) is 0.760.